The van der Waals surface area contributed by atoms with E-state index in [1.54, 1.807) is 29.2 Å². The van der Waals surface area contributed by atoms with Gasteiger partial charge in [-0.15, -0.1) is 0 Å². The van der Waals surface area contributed by atoms with Crippen LogP contribution in [-0.4, -0.2) is 20.6 Å². The van der Waals surface area contributed by atoms with Gasteiger partial charge in [0.25, 0.3) is 0 Å². The summed E-state index contributed by atoms with van der Waals surface area (Å²) >= 11 is 3.31. The molecule has 2 rings (SSSR count). The van der Waals surface area contributed by atoms with E-state index in [2.05, 4.69) is 26.0 Å². The van der Waals surface area contributed by atoms with E-state index in [0.717, 1.165) is 10.2 Å². The van der Waals surface area contributed by atoms with E-state index in [0.29, 0.717) is 5.69 Å². The van der Waals surface area contributed by atoms with Crippen LogP contribution in [0.5, 0.6) is 0 Å². The second-order valence-electron chi connectivity index (χ2n) is 2.92. The van der Waals surface area contributed by atoms with Gasteiger partial charge >= 0.3 is 0 Å². The van der Waals surface area contributed by atoms with E-state index >= 15 is 0 Å². The van der Waals surface area contributed by atoms with Crippen molar-refractivity contribution in [3.63, 3.8) is 0 Å². The lowest BCUT2D eigenvalue weighted by Crippen LogP contribution is -2.13. The lowest BCUT2D eigenvalue weighted by molar-refractivity contribution is 0.876. The third-order valence-electron chi connectivity index (χ3n) is 1.84. The van der Waals surface area contributed by atoms with Gasteiger partial charge in [0.15, 0.2) is 0 Å². The number of pyridine rings is 1. The van der Waals surface area contributed by atoms with Gasteiger partial charge < -0.3 is 5.73 Å². The zero-order chi connectivity index (χ0) is 10.8. The molecule has 15 heavy (non-hydrogen) atoms. The Morgan fingerprint density at radius 2 is 2.33 bits per heavy atom. The fourth-order valence-corrected chi connectivity index (χ4v) is 1.44. The molecule has 0 amide bonds. The van der Waals surface area contributed by atoms with Gasteiger partial charge in [-0.3, -0.25) is 10.4 Å². The van der Waals surface area contributed by atoms with Crippen molar-refractivity contribution in [2.45, 2.75) is 0 Å². The molecule has 0 unspecified atom stereocenters. The highest BCUT2D eigenvalue weighted by Gasteiger charge is 2.02. The lowest BCUT2D eigenvalue weighted by atomic mass is 10.3. The van der Waals surface area contributed by atoms with Crippen molar-refractivity contribution in [2.24, 2.45) is 5.73 Å². The van der Waals surface area contributed by atoms with Crippen LogP contribution in [0, 0.1) is 5.41 Å². The molecular formula is C9H8BrN5. The molecule has 2 aromatic rings. The maximum Gasteiger partial charge on any atom is 0.141 e. The first-order valence-corrected chi connectivity index (χ1v) is 4.97. The van der Waals surface area contributed by atoms with Crippen molar-refractivity contribution in [1.82, 2.24) is 14.8 Å². The smallest absolute Gasteiger partial charge is 0.141 e. The third kappa shape index (κ3) is 2.04. The van der Waals surface area contributed by atoms with Crippen molar-refractivity contribution >= 4 is 21.8 Å². The summed E-state index contributed by atoms with van der Waals surface area (Å²) < 4.78 is 2.57. The molecule has 0 radical (unpaired) electrons. The van der Waals surface area contributed by atoms with E-state index < -0.39 is 0 Å². The molecule has 0 bridgehead atoms. The highest BCUT2D eigenvalue weighted by Crippen LogP contribution is 2.12. The van der Waals surface area contributed by atoms with E-state index in [-0.39, 0.29) is 5.84 Å². The molecule has 0 atom stereocenters. The predicted molar refractivity (Wildman–Crippen MR) is 60.1 cm³/mol. The minimum atomic E-state index is -0.0527. The highest BCUT2D eigenvalue weighted by molar-refractivity contribution is 9.10. The number of nitrogens with two attached hydrogens (primary N) is 1. The van der Waals surface area contributed by atoms with Crippen molar-refractivity contribution in [2.75, 3.05) is 0 Å². The van der Waals surface area contributed by atoms with Crippen LogP contribution < -0.4 is 5.73 Å². The second-order valence-corrected chi connectivity index (χ2v) is 3.83. The minimum Gasteiger partial charge on any atom is -0.382 e. The molecule has 0 saturated heterocycles. The fourth-order valence-electron chi connectivity index (χ4n) is 1.15. The van der Waals surface area contributed by atoms with E-state index in [1.165, 1.54) is 0 Å². The average molecular weight is 266 g/mol. The monoisotopic (exact) mass is 265 g/mol. The summed E-state index contributed by atoms with van der Waals surface area (Å²) in [5.74, 6) is -0.0527. The molecular weight excluding hydrogens is 258 g/mol. The third-order valence-corrected chi connectivity index (χ3v) is 2.24. The van der Waals surface area contributed by atoms with E-state index in [9.17, 15) is 0 Å². The molecule has 2 aromatic heterocycles. The summed E-state index contributed by atoms with van der Waals surface area (Å²) in [5, 5.41) is 11.4. The number of nitrogens with zero attached hydrogens (tertiary/aromatic N) is 3. The molecule has 6 heteroatoms. The van der Waals surface area contributed by atoms with E-state index in [4.69, 9.17) is 11.1 Å². The lowest BCUT2D eigenvalue weighted by Gasteiger charge is -2.02. The van der Waals surface area contributed by atoms with Crippen LogP contribution in [0.15, 0.2) is 35.2 Å². The topological polar surface area (TPSA) is 80.6 Å². The van der Waals surface area contributed by atoms with Gasteiger partial charge in [-0.1, -0.05) is 0 Å². The standard InChI is InChI=1S/C9H8BrN5/c10-6-4-14-15(5-6)7-1-2-13-8(3-7)9(11)12/h1-5H,(H3,11,12). The van der Waals surface area contributed by atoms with Crippen LogP contribution in [0.4, 0.5) is 0 Å². The van der Waals surface area contributed by atoms with Crippen molar-refractivity contribution in [3.05, 3.63) is 40.9 Å². The number of amidine groups is 1. The van der Waals surface area contributed by atoms with Gasteiger partial charge in [0.2, 0.25) is 0 Å². The number of nitrogen functional groups attached to an aromatic ring is 1. The Kier molecular flexibility index (Phi) is 2.51. The molecule has 0 aromatic carbocycles. The summed E-state index contributed by atoms with van der Waals surface area (Å²) in [6.07, 6.45) is 5.11. The SMILES string of the molecule is N=C(N)c1cc(-n2cc(Br)cn2)ccn1. The van der Waals surface area contributed by atoms with Crippen LogP contribution in [-0.2, 0) is 0 Å². The Balaban J connectivity index is 2.45. The largest absolute Gasteiger partial charge is 0.382 e. The summed E-state index contributed by atoms with van der Waals surface area (Å²) in [7, 11) is 0. The number of halogens is 1. The number of rotatable bonds is 2. The first kappa shape index (κ1) is 9.85. The average Bonchev–Trinajstić information content (AvgIpc) is 2.65. The van der Waals surface area contributed by atoms with Crippen molar-refractivity contribution < 1.29 is 0 Å². The van der Waals surface area contributed by atoms with Gasteiger partial charge in [0.05, 0.1) is 16.4 Å². The molecule has 0 aliphatic heterocycles. The maximum atomic E-state index is 7.28. The molecule has 0 aliphatic carbocycles. The van der Waals surface area contributed by atoms with Gasteiger partial charge in [-0.2, -0.15) is 5.10 Å². The first-order valence-electron chi connectivity index (χ1n) is 4.18. The summed E-state index contributed by atoms with van der Waals surface area (Å²) in [5.41, 5.74) is 6.61. The minimum absolute atomic E-state index is 0.0527. The fraction of sp³-hybridized carbons (Fsp3) is 0. The van der Waals surface area contributed by atoms with Crippen LogP contribution in [0.3, 0.4) is 0 Å². The Morgan fingerprint density at radius 1 is 1.53 bits per heavy atom. The molecule has 0 fully saturated rings. The molecule has 5 nitrogen and oxygen atoms in total. The number of hydrogen-bond donors (Lipinski definition) is 2. The second kappa shape index (κ2) is 3.82. The number of hydrogen-bond acceptors (Lipinski definition) is 3. The Labute approximate surface area is 94.6 Å². The molecule has 0 aliphatic rings. The molecule has 76 valence electrons. The summed E-state index contributed by atoms with van der Waals surface area (Å²) in [6.45, 7) is 0. The first-order chi connectivity index (χ1) is 7.16. The molecule has 3 N–H and O–H groups in total. The Bertz CT molecular complexity index is 505. The van der Waals surface area contributed by atoms with Gasteiger partial charge in [-0.25, -0.2) is 4.68 Å². The van der Waals surface area contributed by atoms with Crippen molar-refractivity contribution in [1.29, 1.82) is 5.41 Å². The number of aromatic nitrogens is 3. The Hall–Kier alpha value is -1.69. The predicted octanol–water partition coefficient (Wildman–Crippen LogP) is 1.31. The maximum absolute atomic E-state index is 7.28. The summed E-state index contributed by atoms with van der Waals surface area (Å²) in [4.78, 5) is 3.97. The van der Waals surface area contributed by atoms with Crippen molar-refractivity contribution in [3.8, 4) is 5.69 Å². The zero-order valence-electron chi connectivity index (χ0n) is 7.68. The normalized spacial score (nSPS) is 10.2. The quantitative estimate of drug-likeness (QED) is 0.635. The zero-order valence-corrected chi connectivity index (χ0v) is 9.27. The van der Waals surface area contributed by atoms with Gasteiger partial charge in [0, 0.05) is 12.4 Å². The van der Waals surface area contributed by atoms with Crippen LogP contribution in [0.2, 0.25) is 0 Å². The van der Waals surface area contributed by atoms with Crippen LogP contribution in [0.25, 0.3) is 5.69 Å². The molecule has 0 saturated carbocycles. The highest BCUT2D eigenvalue weighted by atomic mass is 79.9. The van der Waals surface area contributed by atoms with E-state index in [1.807, 2.05) is 6.20 Å². The summed E-state index contributed by atoms with van der Waals surface area (Å²) in [6, 6.07) is 3.51. The van der Waals surface area contributed by atoms with Crippen LogP contribution >= 0.6 is 15.9 Å². The molecule has 2 heterocycles. The Morgan fingerprint density at radius 3 is 2.93 bits per heavy atom. The van der Waals surface area contributed by atoms with Gasteiger partial charge in [-0.05, 0) is 28.1 Å². The number of nitrogens with one attached hydrogen (secondary N) is 1. The van der Waals surface area contributed by atoms with Gasteiger partial charge in [0.1, 0.15) is 11.5 Å². The molecule has 0 spiro atoms. The van der Waals surface area contributed by atoms with Crippen LogP contribution in [0.1, 0.15) is 5.69 Å².